The van der Waals surface area contributed by atoms with E-state index in [0.717, 1.165) is 16.4 Å². The zero-order valence-electron chi connectivity index (χ0n) is 14.8. The average molecular weight is 350 g/mol. The molecule has 3 nitrogen and oxygen atoms in total. The first kappa shape index (κ1) is 15.4. The predicted octanol–water partition coefficient (Wildman–Crippen LogP) is 4.41. The predicted molar refractivity (Wildman–Crippen MR) is 107 cm³/mol. The Morgan fingerprint density at radius 1 is 1.04 bits per heavy atom. The van der Waals surface area contributed by atoms with Crippen LogP contribution in [0.5, 0.6) is 0 Å². The molecule has 3 aromatic rings. The number of hydrogen-bond acceptors (Lipinski definition) is 4. The van der Waals surface area contributed by atoms with E-state index in [-0.39, 0.29) is 0 Å². The maximum Gasteiger partial charge on any atom is 0.0907 e. The smallest absolute Gasteiger partial charge is 0.0907 e. The van der Waals surface area contributed by atoms with Crippen molar-refractivity contribution in [3.05, 3.63) is 47.5 Å². The number of likely N-dealkylation sites (tertiary alicyclic amines) is 1. The Balaban J connectivity index is 1.42. The highest BCUT2D eigenvalue weighted by molar-refractivity contribution is 7.18. The third kappa shape index (κ3) is 2.64. The number of nitrogens with zero attached hydrogens (tertiary/aromatic N) is 3. The summed E-state index contributed by atoms with van der Waals surface area (Å²) in [4.78, 5) is 9.72. The van der Waals surface area contributed by atoms with Gasteiger partial charge in [0.1, 0.15) is 0 Å². The second kappa shape index (κ2) is 5.82. The van der Waals surface area contributed by atoms with Crippen molar-refractivity contribution in [3.63, 3.8) is 0 Å². The molecule has 0 amide bonds. The molecule has 2 aliphatic rings. The topological polar surface area (TPSA) is 19.4 Å². The van der Waals surface area contributed by atoms with E-state index in [1.54, 1.807) is 11.3 Å². The van der Waals surface area contributed by atoms with Gasteiger partial charge in [-0.05, 0) is 61.7 Å². The first-order valence-corrected chi connectivity index (χ1v) is 9.92. The molecule has 2 saturated heterocycles. The summed E-state index contributed by atoms with van der Waals surface area (Å²) in [5, 5.41) is 1.13. The van der Waals surface area contributed by atoms with Gasteiger partial charge in [-0.2, -0.15) is 0 Å². The van der Waals surface area contributed by atoms with Crippen molar-refractivity contribution in [3.8, 4) is 11.1 Å². The second-order valence-corrected chi connectivity index (χ2v) is 8.73. The van der Waals surface area contributed by atoms with Crippen LogP contribution in [0.25, 0.3) is 21.3 Å². The third-order valence-electron chi connectivity index (χ3n) is 5.76. The second-order valence-electron chi connectivity index (χ2n) is 7.49. The Bertz CT molecular complexity index is 915. The van der Waals surface area contributed by atoms with Gasteiger partial charge in [-0.3, -0.25) is 0 Å². The fourth-order valence-electron chi connectivity index (χ4n) is 4.56. The minimum absolute atomic E-state index is 0.699. The van der Waals surface area contributed by atoms with Crippen molar-refractivity contribution >= 4 is 27.2 Å². The van der Waals surface area contributed by atoms with E-state index in [1.165, 1.54) is 47.6 Å². The molecule has 2 fully saturated rings. The number of hydrogen-bond donors (Lipinski definition) is 0. The van der Waals surface area contributed by atoms with Gasteiger partial charge < -0.3 is 9.80 Å². The number of fused-ring (bicyclic) bond motifs is 2. The van der Waals surface area contributed by atoms with Crippen molar-refractivity contribution in [2.45, 2.75) is 19.4 Å². The van der Waals surface area contributed by atoms with Crippen molar-refractivity contribution in [1.82, 2.24) is 9.88 Å². The molecule has 4 heteroatoms. The molecular formula is C21H23N3S. The first-order chi connectivity index (χ1) is 12.2. The quantitative estimate of drug-likeness (QED) is 0.683. The van der Waals surface area contributed by atoms with Crippen LogP contribution in [0.15, 0.2) is 42.5 Å². The number of aromatic nitrogens is 1. The number of anilines is 1. The summed E-state index contributed by atoms with van der Waals surface area (Å²) in [5.41, 5.74) is 5.01. The van der Waals surface area contributed by atoms with Gasteiger partial charge in [0.05, 0.1) is 15.2 Å². The van der Waals surface area contributed by atoms with Gasteiger partial charge in [-0.15, -0.1) is 11.3 Å². The molecule has 0 radical (unpaired) electrons. The van der Waals surface area contributed by atoms with Crippen molar-refractivity contribution in [2.75, 3.05) is 31.6 Å². The Morgan fingerprint density at radius 2 is 1.84 bits per heavy atom. The maximum atomic E-state index is 4.63. The Hall–Kier alpha value is -1.91. The normalized spacial score (nSPS) is 23.5. The lowest BCUT2D eigenvalue weighted by Gasteiger charge is -2.26. The van der Waals surface area contributed by atoms with E-state index in [4.69, 9.17) is 0 Å². The van der Waals surface area contributed by atoms with Crippen LogP contribution in [0.3, 0.4) is 0 Å². The highest BCUT2D eigenvalue weighted by Gasteiger charge is 2.39. The highest BCUT2D eigenvalue weighted by Crippen LogP contribution is 2.35. The van der Waals surface area contributed by atoms with Gasteiger partial charge >= 0.3 is 0 Å². The average Bonchev–Trinajstić information content (AvgIpc) is 3.26. The first-order valence-electron chi connectivity index (χ1n) is 9.10. The molecule has 0 unspecified atom stereocenters. The van der Waals surface area contributed by atoms with Crippen LogP contribution in [0, 0.1) is 12.8 Å². The maximum absolute atomic E-state index is 4.63. The summed E-state index contributed by atoms with van der Waals surface area (Å²) >= 11 is 1.76. The lowest BCUT2D eigenvalue weighted by atomic mass is 10.0. The van der Waals surface area contributed by atoms with Crippen LogP contribution < -0.4 is 4.90 Å². The summed E-state index contributed by atoms with van der Waals surface area (Å²) in [5.74, 6) is 0.847. The Kier molecular flexibility index (Phi) is 3.57. The lowest BCUT2D eigenvalue weighted by molar-refractivity contribution is 0.386. The SMILES string of the molecule is Cc1nc2cc(-c3ccc(N4CC[C@@H]5CN(C)C[C@@H]54)cc3)ccc2s1. The third-order valence-corrected chi connectivity index (χ3v) is 6.71. The monoisotopic (exact) mass is 349 g/mol. The van der Waals surface area contributed by atoms with Crippen LogP contribution in [0.4, 0.5) is 5.69 Å². The minimum Gasteiger partial charge on any atom is -0.367 e. The van der Waals surface area contributed by atoms with Crippen molar-refractivity contribution < 1.29 is 0 Å². The van der Waals surface area contributed by atoms with Gasteiger partial charge in [0.2, 0.25) is 0 Å². The molecule has 0 aliphatic carbocycles. The number of rotatable bonds is 2. The summed E-state index contributed by atoms with van der Waals surface area (Å²) < 4.78 is 1.27. The van der Waals surface area contributed by atoms with Gasteiger partial charge in [0, 0.05) is 31.4 Å². The van der Waals surface area contributed by atoms with Gasteiger partial charge in [0.25, 0.3) is 0 Å². The Morgan fingerprint density at radius 3 is 2.68 bits per heavy atom. The number of aryl methyl sites for hydroxylation is 1. The van der Waals surface area contributed by atoms with Crippen LogP contribution >= 0.6 is 11.3 Å². The van der Waals surface area contributed by atoms with Crippen molar-refractivity contribution in [2.24, 2.45) is 5.92 Å². The number of likely N-dealkylation sites (N-methyl/N-ethyl adjacent to an activating group) is 1. The molecule has 2 aliphatic heterocycles. The van der Waals surface area contributed by atoms with Gasteiger partial charge in [-0.25, -0.2) is 4.98 Å². The Labute approximate surface area is 152 Å². The molecule has 0 saturated carbocycles. The molecular weight excluding hydrogens is 326 g/mol. The summed E-state index contributed by atoms with van der Waals surface area (Å²) in [6.45, 7) is 5.73. The number of thiazole rings is 1. The van der Waals surface area contributed by atoms with E-state index >= 15 is 0 Å². The van der Waals surface area contributed by atoms with Crippen LogP contribution in [0.2, 0.25) is 0 Å². The van der Waals surface area contributed by atoms with Crippen molar-refractivity contribution in [1.29, 1.82) is 0 Å². The standard InChI is InChI=1S/C21H23N3S/c1-14-22-19-11-16(5-8-21(19)25-14)15-3-6-18(7-4-15)24-10-9-17-12-23(2)13-20(17)24/h3-8,11,17,20H,9-10,12-13H2,1-2H3/t17-,20+/m1/s1. The molecule has 128 valence electrons. The minimum atomic E-state index is 0.699. The summed E-state index contributed by atoms with van der Waals surface area (Å²) in [6, 6.07) is 16.5. The lowest BCUT2D eigenvalue weighted by Crippen LogP contribution is -2.34. The van der Waals surface area contributed by atoms with Crippen LogP contribution in [-0.4, -0.2) is 42.6 Å². The molecule has 5 rings (SSSR count). The molecule has 0 N–H and O–H groups in total. The van der Waals surface area contributed by atoms with Gasteiger partial charge in [0.15, 0.2) is 0 Å². The molecule has 3 heterocycles. The fourth-order valence-corrected chi connectivity index (χ4v) is 5.37. The molecule has 25 heavy (non-hydrogen) atoms. The zero-order valence-corrected chi connectivity index (χ0v) is 15.6. The summed E-state index contributed by atoms with van der Waals surface area (Å²) in [6.07, 6.45) is 1.33. The van der Waals surface area contributed by atoms with E-state index in [9.17, 15) is 0 Å². The fraction of sp³-hybridized carbons (Fsp3) is 0.381. The molecule has 0 bridgehead atoms. The number of benzene rings is 2. The van der Waals surface area contributed by atoms with E-state index < -0.39 is 0 Å². The molecule has 1 aromatic heterocycles. The highest BCUT2D eigenvalue weighted by atomic mass is 32.1. The van der Waals surface area contributed by atoms with Crippen LogP contribution in [0.1, 0.15) is 11.4 Å². The van der Waals surface area contributed by atoms with E-state index in [1.807, 2.05) is 0 Å². The zero-order chi connectivity index (χ0) is 17.0. The van der Waals surface area contributed by atoms with E-state index in [2.05, 4.69) is 71.2 Å². The summed E-state index contributed by atoms with van der Waals surface area (Å²) in [7, 11) is 2.25. The van der Waals surface area contributed by atoms with Crippen LogP contribution in [-0.2, 0) is 0 Å². The largest absolute Gasteiger partial charge is 0.367 e. The van der Waals surface area contributed by atoms with Gasteiger partial charge in [-0.1, -0.05) is 18.2 Å². The molecule has 2 atom stereocenters. The molecule has 0 spiro atoms. The molecule has 2 aromatic carbocycles. The van der Waals surface area contributed by atoms with E-state index in [0.29, 0.717) is 6.04 Å².